The second-order valence-corrected chi connectivity index (χ2v) is 7.08. The van der Waals surface area contributed by atoms with Gasteiger partial charge < -0.3 is 20.9 Å². The largest absolute Gasteiger partial charge is 0.370 e. The van der Waals surface area contributed by atoms with Crippen LogP contribution in [0.2, 0.25) is 0 Å². The first-order valence-electron chi connectivity index (χ1n) is 10.0. The first-order chi connectivity index (χ1) is 13.6. The van der Waals surface area contributed by atoms with Crippen molar-refractivity contribution in [2.75, 3.05) is 42.9 Å². The number of nitrogens with two attached hydrogens (primary N) is 1. The monoisotopic (exact) mass is 383 g/mol. The predicted octanol–water partition coefficient (Wildman–Crippen LogP) is 3.46. The molecule has 2 aromatic carbocycles. The van der Waals surface area contributed by atoms with Crippen molar-refractivity contribution in [2.45, 2.75) is 26.8 Å². The van der Waals surface area contributed by atoms with Gasteiger partial charge in [-0.2, -0.15) is 0 Å². The van der Waals surface area contributed by atoms with E-state index >= 15 is 0 Å². The van der Waals surface area contributed by atoms with Crippen molar-refractivity contribution in [1.29, 1.82) is 0 Å². The number of halogens is 1. The highest BCUT2D eigenvalue weighted by Gasteiger charge is 2.18. The van der Waals surface area contributed by atoms with Gasteiger partial charge in [-0.15, -0.1) is 0 Å². The number of nitrogens with zero attached hydrogens (tertiary/aromatic N) is 3. The van der Waals surface area contributed by atoms with Crippen LogP contribution in [0.4, 0.5) is 15.8 Å². The molecular formula is C22H30FN5. The molecule has 1 saturated heterocycles. The molecule has 0 spiro atoms. The summed E-state index contributed by atoms with van der Waals surface area (Å²) in [5.74, 6) is 0.128. The lowest BCUT2D eigenvalue weighted by atomic mass is 10.1. The van der Waals surface area contributed by atoms with Gasteiger partial charge in [-0.3, -0.25) is 0 Å². The van der Waals surface area contributed by atoms with Gasteiger partial charge in [0.15, 0.2) is 5.96 Å². The molecule has 1 fully saturated rings. The minimum atomic E-state index is -0.195. The summed E-state index contributed by atoms with van der Waals surface area (Å²) in [6.45, 7) is 9.33. The maximum Gasteiger partial charge on any atom is 0.193 e. The number of piperazine rings is 1. The van der Waals surface area contributed by atoms with Crippen LogP contribution in [0.5, 0.6) is 0 Å². The molecular weight excluding hydrogens is 353 g/mol. The number of benzene rings is 2. The second-order valence-electron chi connectivity index (χ2n) is 7.08. The smallest absolute Gasteiger partial charge is 0.193 e. The number of hydrogen-bond donors (Lipinski definition) is 2. The second kappa shape index (κ2) is 9.55. The topological polar surface area (TPSA) is 56.9 Å². The fourth-order valence-electron chi connectivity index (χ4n) is 3.40. The van der Waals surface area contributed by atoms with E-state index in [2.05, 4.69) is 46.1 Å². The Kier molecular flexibility index (Phi) is 6.87. The van der Waals surface area contributed by atoms with Crippen LogP contribution in [0.25, 0.3) is 0 Å². The third-order valence-electron chi connectivity index (χ3n) is 5.24. The van der Waals surface area contributed by atoms with Crippen LogP contribution in [0, 0.1) is 5.82 Å². The molecule has 1 aliphatic heterocycles. The summed E-state index contributed by atoms with van der Waals surface area (Å²) in [5.41, 5.74) is 9.61. The van der Waals surface area contributed by atoms with Crippen LogP contribution in [-0.4, -0.2) is 43.6 Å². The molecule has 5 nitrogen and oxygen atoms in total. The molecule has 3 rings (SSSR count). The normalized spacial score (nSPS) is 15.7. The minimum Gasteiger partial charge on any atom is -0.370 e. The Hall–Kier alpha value is -2.60. The van der Waals surface area contributed by atoms with Crippen LogP contribution < -0.4 is 16.0 Å². The van der Waals surface area contributed by atoms with Crippen molar-refractivity contribution in [2.24, 2.45) is 10.7 Å². The van der Waals surface area contributed by atoms with Gasteiger partial charge in [-0.25, -0.2) is 9.38 Å². The summed E-state index contributed by atoms with van der Waals surface area (Å²) >= 11 is 0. The van der Waals surface area contributed by atoms with E-state index in [1.54, 1.807) is 6.07 Å². The van der Waals surface area contributed by atoms with E-state index in [0.29, 0.717) is 18.2 Å². The molecule has 0 amide bonds. The van der Waals surface area contributed by atoms with Gasteiger partial charge in [-0.05, 0) is 48.4 Å². The zero-order valence-corrected chi connectivity index (χ0v) is 16.8. The standard InChI is InChI=1S/C22H30FN5/c1-3-17-5-8-19(9-6-17)26-22(24)25-16-18-7-10-21(20(23)15-18)28-13-11-27(4-2)12-14-28/h5-10,15H,3-4,11-14,16H2,1-2H3,(H3,24,25,26). The van der Waals surface area contributed by atoms with Crippen molar-refractivity contribution in [3.8, 4) is 0 Å². The van der Waals surface area contributed by atoms with Crippen molar-refractivity contribution < 1.29 is 4.39 Å². The molecule has 0 atom stereocenters. The minimum absolute atomic E-state index is 0.195. The van der Waals surface area contributed by atoms with Crippen molar-refractivity contribution in [1.82, 2.24) is 4.90 Å². The van der Waals surface area contributed by atoms with E-state index in [-0.39, 0.29) is 5.82 Å². The van der Waals surface area contributed by atoms with E-state index in [1.807, 2.05) is 24.3 Å². The Labute approximate surface area is 167 Å². The summed E-state index contributed by atoms with van der Waals surface area (Å²) in [6, 6.07) is 13.4. The highest BCUT2D eigenvalue weighted by molar-refractivity contribution is 5.92. The lowest BCUT2D eigenvalue weighted by Gasteiger charge is -2.35. The average molecular weight is 384 g/mol. The summed E-state index contributed by atoms with van der Waals surface area (Å²) in [7, 11) is 0. The van der Waals surface area contributed by atoms with Crippen molar-refractivity contribution in [3.05, 3.63) is 59.4 Å². The zero-order chi connectivity index (χ0) is 19.9. The van der Waals surface area contributed by atoms with Gasteiger partial charge in [0.1, 0.15) is 5.82 Å². The highest BCUT2D eigenvalue weighted by Crippen LogP contribution is 2.22. The lowest BCUT2D eigenvalue weighted by molar-refractivity contribution is 0.270. The molecule has 2 aromatic rings. The summed E-state index contributed by atoms with van der Waals surface area (Å²) in [5, 5.41) is 3.07. The van der Waals surface area contributed by atoms with Gasteiger partial charge in [0.05, 0.1) is 12.2 Å². The molecule has 150 valence electrons. The number of hydrogen-bond acceptors (Lipinski definition) is 3. The third-order valence-corrected chi connectivity index (χ3v) is 5.24. The van der Waals surface area contributed by atoms with Crippen LogP contribution in [-0.2, 0) is 13.0 Å². The molecule has 0 aliphatic carbocycles. The SMILES string of the molecule is CCc1ccc(NC(N)=NCc2ccc(N3CCN(CC)CC3)c(F)c2)cc1. The number of aryl methyl sites for hydroxylation is 1. The van der Waals surface area contributed by atoms with Gasteiger partial charge in [-0.1, -0.05) is 32.0 Å². The first-order valence-corrected chi connectivity index (χ1v) is 10.0. The lowest BCUT2D eigenvalue weighted by Crippen LogP contribution is -2.46. The Morgan fingerprint density at radius 1 is 1.04 bits per heavy atom. The third kappa shape index (κ3) is 5.23. The number of anilines is 2. The maximum absolute atomic E-state index is 14.6. The van der Waals surface area contributed by atoms with E-state index < -0.39 is 0 Å². The highest BCUT2D eigenvalue weighted by atomic mass is 19.1. The van der Waals surface area contributed by atoms with Crippen LogP contribution >= 0.6 is 0 Å². The molecule has 1 aliphatic rings. The Morgan fingerprint density at radius 2 is 1.71 bits per heavy atom. The van der Waals surface area contributed by atoms with Crippen LogP contribution in [0.15, 0.2) is 47.5 Å². The van der Waals surface area contributed by atoms with Crippen LogP contribution in [0.3, 0.4) is 0 Å². The Bertz CT molecular complexity index is 795. The Balaban J connectivity index is 1.58. The van der Waals surface area contributed by atoms with E-state index in [0.717, 1.165) is 50.4 Å². The molecule has 3 N–H and O–H groups in total. The maximum atomic E-state index is 14.6. The predicted molar refractivity (Wildman–Crippen MR) is 115 cm³/mol. The summed E-state index contributed by atoms with van der Waals surface area (Å²) in [4.78, 5) is 8.83. The summed E-state index contributed by atoms with van der Waals surface area (Å²) < 4.78 is 14.6. The van der Waals surface area contributed by atoms with Crippen molar-refractivity contribution >= 4 is 17.3 Å². The van der Waals surface area contributed by atoms with Gasteiger partial charge in [0.25, 0.3) is 0 Å². The molecule has 6 heteroatoms. The molecule has 28 heavy (non-hydrogen) atoms. The van der Waals surface area contributed by atoms with E-state index in [4.69, 9.17) is 5.73 Å². The molecule has 0 aromatic heterocycles. The van der Waals surface area contributed by atoms with Gasteiger partial charge in [0, 0.05) is 31.9 Å². The molecule has 0 unspecified atom stereocenters. The average Bonchev–Trinajstić information content (AvgIpc) is 2.73. The summed E-state index contributed by atoms with van der Waals surface area (Å²) in [6.07, 6.45) is 1.000. The fourth-order valence-corrected chi connectivity index (χ4v) is 3.40. The van der Waals surface area contributed by atoms with E-state index in [1.165, 1.54) is 5.56 Å². The van der Waals surface area contributed by atoms with E-state index in [9.17, 15) is 4.39 Å². The number of rotatable bonds is 6. The molecule has 1 heterocycles. The van der Waals surface area contributed by atoms with Crippen LogP contribution in [0.1, 0.15) is 25.0 Å². The Morgan fingerprint density at radius 3 is 2.32 bits per heavy atom. The number of guanidine groups is 1. The first kappa shape index (κ1) is 20.1. The molecule has 0 bridgehead atoms. The van der Waals surface area contributed by atoms with Crippen molar-refractivity contribution in [3.63, 3.8) is 0 Å². The molecule has 0 saturated carbocycles. The quantitative estimate of drug-likeness (QED) is 0.593. The van der Waals surface area contributed by atoms with Gasteiger partial charge in [0.2, 0.25) is 0 Å². The number of nitrogens with one attached hydrogen (secondary N) is 1. The number of likely N-dealkylation sites (N-methyl/N-ethyl adjacent to an activating group) is 1. The fraction of sp³-hybridized carbons (Fsp3) is 0.409. The molecule has 0 radical (unpaired) electrons. The van der Waals surface area contributed by atoms with Gasteiger partial charge >= 0.3 is 0 Å². The zero-order valence-electron chi connectivity index (χ0n) is 16.8. The number of aliphatic imine (C=N–C) groups is 1.